The molecule has 2 rings (SSSR count). The van der Waals surface area contributed by atoms with Gasteiger partial charge in [0.15, 0.2) is 11.5 Å². The number of nitro benzene ring substituents is 1. The first-order chi connectivity index (χ1) is 10.7. The van der Waals surface area contributed by atoms with Crippen molar-refractivity contribution in [1.29, 1.82) is 0 Å². The molecule has 0 unspecified atom stereocenters. The Balaban J connectivity index is 1.97. The van der Waals surface area contributed by atoms with Gasteiger partial charge in [0.2, 0.25) is 0 Å². The van der Waals surface area contributed by atoms with E-state index in [9.17, 15) is 10.1 Å². The third-order valence-electron chi connectivity index (χ3n) is 3.28. The Hall–Kier alpha value is -2.60. The smallest absolute Gasteiger partial charge is 0.269 e. The van der Waals surface area contributed by atoms with Crippen LogP contribution < -0.4 is 14.8 Å². The third-order valence-corrected chi connectivity index (χ3v) is 3.28. The molecule has 0 heterocycles. The standard InChI is InChI=1S/C16H18N2O4/c1-21-15-5-3-4-13(16(15)22-2)11-17-10-12-6-8-14(9-7-12)18(19)20/h3-9,17H,10-11H2,1-2H3. The van der Waals surface area contributed by atoms with Crippen LogP contribution in [0, 0.1) is 10.1 Å². The summed E-state index contributed by atoms with van der Waals surface area (Å²) in [7, 11) is 3.21. The third kappa shape index (κ3) is 3.73. The van der Waals surface area contributed by atoms with E-state index in [1.165, 1.54) is 12.1 Å². The van der Waals surface area contributed by atoms with Gasteiger partial charge in [-0.25, -0.2) is 0 Å². The molecular weight excluding hydrogens is 284 g/mol. The lowest BCUT2D eigenvalue weighted by Gasteiger charge is -2.13. The van der Waals surface area contributed by atoms with Crippen LogP contribution in [0.25, 0.3) is 0 Å². The lowest BCUT2D eigenvalue weighted by atomic mass is 10.1. The van der Waals surface area contributed by atoms with Crippen LogP contribution in [0.4, 0.5) is 5.69 Å². The van der Waals surface area contributed by atoms with Crippen molar-refractivity contribution in [1.82, 2.24) is 5.32 Å². The second-order valence-corrected chi connectivity index (χ2v) is 4.68. The van der Waals surface area contributed by atoms with Crippen LogP contribution in [0.2, 0.25) is 0 Å². The van der Waals surface area contributed by atoms with Crippen molar-refractivity contribution < 1.29 is 14.4 Å². The molecule has 0 spiro atoms. The highest BCUT2D eigenvalue weighted by Crippen LogP contribution is 2.30. The van der Waals surface area contributed by atoms with E-state index >= 15 is 0 Å². The molecule has 22 heavy (non-hydrogen) atoms. The van der Waals surface area contributed by atoms with E-state index in [4.69, 9.17) is 9.47 Å². The Morgan fingerprint density at radius 1 is 1.05 bits per heavy atom. The summed E-state index contributed by atoms with van der Waals surface area (Å²) in [5, 5.41) is 13.9. The van der Waals surface area contributed by atoms with E-state index in [1.807, 2.05) is 18.2 Å². The van der Waals surface area contributed by atoms with E-state index in [0.29, 0.717) is 24.6 Å². The van der Waals surface area contributed by atoms with Gasteiger partial charge in [-0.3, -0.25) is 10.1 Å². The zero-order valence-electron chi connectivity index (χ0n) is 12.5. The van der Waals surface area contributed by atoms with E-state index in [0.717, 1.165) is 11.1 Å². The summed E-state index contributed by atoms with van der Waals surface area (Å²) in [6, 6.07) is 12.2. The Kier molecular flexibility index (Phi) is 5.32. The van der Waals surface area contributed by atoms with Gasteiger partial charge < -0.3 is 14.8 Å². The number of methoxy groups -OCH3 is 2. The summed E-state index contributed by atoms with van der Waals surface area (Å²) in [6.07, 6.45) is 0. The zero-order chi connectivity index (χ0) is 15.9. The van der Waals surface area contributed by atoms with Gasteiger partial charge in [-0.2, -0.15) is 0 Å². The molecule has 0 saturated carbocycles. The minimum Gasteiger partial charge on any atom is -0.493 e. The number of non-ortho nitro benzene ring substituents is 1. The highest BCUT2D eigenvalue weighted by molar-refractivity contribution is 5.46. The SMILES string of the molecule is COc1cccc(CNCc2ccc([N+](=O)[O-])cc2)c1OC. The first-order valence-corrected chi connectivity index (χ1v) is 6.79. The van der Waals surface area contributed by atoms with Crippen LogP contribution in [-0.2, 0) is 13.1 Å². The second-order valence-electron chi connectivity index (χ2n) is 4.68. The van der Waals surface area contributed by atoms with E-state index in [-0.39, 0.29) is 5.69 Å². The fraction of sp³-hybridized carbons (Fsp3) is 0.250. The summed E-state index contributed by atoms with van der Waals surface area (Å²) in [6.45, 7) is 1.22. The second kappa shape index (κ2) is 7.42. The molecule has 0 aliphatic rings. The van der Waals surface area contributed by atoms with Crippen LogP contribution in [0.5, 0.6) is 11.5 Å². The number of nitro groups is 1. The van der Waals surface area contributed by atoms with Gasteiger partial charge in [-0.15, -0.1) is 0 Å². The van der Waals surface area contributed by atoms with Crippen molar-refractivity contribution in [2.75, 3.05) is 14.2 Å². The molecule has 0 bridgehead atoms. The van der Waals surface area contributed by atoms with Crippen molar-refractivity contribution in [3.63, 3.8) is 0 Å². The molecule has 2 aromatic rings. The Morgan fingerprint density at radius 3 is 2.36 bits per heavy atom. The van der Waals surface area contributed by atoms with Gasteiger partial charge in [-0.05, 0) is 11.6 Å². The molecule has 0 aliphatic carbocycles. The van der Waals surface area contributed by atoms with Crippen molar-refractivity contribution >= 4 is 5.69 Å². The lowest BCUT2D eigenvalue weighted by Crippen LogP contribution is -2.13. The van der Waals surface area contributed by atoms with Crippen LogP contribution >= 0.6 is 0 Å². The molecule has 0 saturated heterocycles. The van der Waals surface area contributed by atoms with Gasteiger partial charge >= 0.3 is 0 Å². The Morgan fingerprint density at radius 2 is 1.77 bits per heavy atom. The van der Waals surface area contributed by atoms with Crippen LogP contribution in [-0.4, -0.2) is 19.1 Å². The first kappa shape index (κ1) is 15.8. The average molecular weight is 302 g/mol. The van der Waals surface area contributed by atoms with Gasteiger partial charge in [0.25, 0.3) is 5.69 Å². The van der Waals surface area contributed by atoms with Crippen LogP contribution in [0.3, 0.4) is 0 Å². The van der Waals surface area contributed by atoms with Gasteiger partial charge in [0.05, 0.1) is 19.1 Å². The number of nitrogens with one attached hydrogen (secondary N) is 1. The number of para-hydroxylation sites is 1. The van der Waals surface area contributed by atoms with Crippen molar-refractivity contribution in [2.24, 2.45) is 0 Å². The molecule has 6 nitrogen and oxygen atoms in total. The number of rotatable bonds is 7. The molecule has 0 fully saturated rings. The largest absolute Gasteiger partial charge is 0.493 e. The molecule has 1 N–H and O–H groups in total. The predicted octanol–water partition coefficient (Wildman–Crippen LogP) is 2.90. The Labute approximate surface area is 128 Å². The van der Waals surface area contributed by atoms with E-state index in [2.05, 4.69) is 5.32 Å². The van der Waals surface area contributed by atoms with Crippen molar-refractivity contribution in [3.8, 4) is 11.5 Å². The van der Waals surface area contributed by atoms with Gasteiger partial charge in [0.1, 0.15) is 0 Å². The summed E-state index contributed by atoms with van der Waals surface area (Å²) in [5.41, 5.74) is 2.06. The van der Waals surface area contributed by atoms with Crippen molar-refractivity contribution in [3.05, 3.63) is 63.7 Å². The highest BCUT2D eigenvalue weighted by atomic mass is 16.6. The summed E-state index contributed by atoms with van der Waals surface area (Å²) in [4.78, 5) is 10.2. The molecular formula is C16H18N2O4. The Bertz CT molecular complexity index is 641. The molecule has 0 amide bonds. The number of hydrogen-bond acceptors (Lipinski definition) is 5. The summed E-state index contributed by atoms with van der Waals surface area (Å²) < 4.78 is 10.6. The maximum absolute atomic E-state index is 10.6. The van der Waals surface area contributed by atoms with Gasteiger partial charge in [-0.1, -0.05) is 24.3 Å². The van der Waals surface area contributed by atoms with Crippen LogP contribution in [0.1, 0.15) is 11.1 Å². The molecule has 0 aliphatic heterocycles. The maximum atomic E-state index is 10.6. The average Bonchev–Trinajstić information content (AvgIpc) is 2.55. The molecule has 6 heteroatoms. The quantitative estimate of drug-likeness (QED) is 0.629. The van der Waals surface area contributed by atoms with Crippen LogP contribution in [0.15, 0.2) is 42.5 Å². The highest BCUT2D eigenvalue weighted by Gasteiger charge is 2.09. The maximum Gasteiger partial charge on any atom is 0.269 e. The molecule has 2 aromatic carbocycles. The fourth-order valence-corrected chi connectivity index (χ4v) is 2.17. The normalized spacial score (nSPS) is 10.3. The minimum atomic E-state index is -0.404. The molecule has 0 radical (unpaired) electrons. The lowest BCUT2D eigenvalue weighted by molar-refractivity contribution is -0.384. The van der Waals surface area contributed by atoms with E-state index in [1.54, 1.807) is 26.4 Å². The number of ether oxygens (including phenoxy) is 2. The number of hydrogen-bond donors (Lipinski definition) is 1. The summed E-state index contributed by atoms with van der Waals surface area (Å²) in [5.74, 6) is 1.40. The van der Waals surface area contributed by atoms with Gasteiger partial charge in [0, 0.05) is 30.8 Å². The fourth-order valence-electron chi connectivity index (χ4n) is 2.17. The first-order valence-electron chi connectivity index (χ1n) is 6.79. The van der Waals surface area contributed by atoms with Crippen molar-refractivity contribution in [2.45, 2.75) is 13.1 Å². The predicted molar refractivity (Wildman–Crippen MR) is 83.2 cm³/mol. The number of benzene rings is 2. The summed E-state index contributed by atoms with van der Waals surface area (Å²) >= 11 is 0. The zero-order valence-corrected chi connectivity index (χ0v) is 12.5. The number of nitrogens with zero attached hydrogens (tertiary/aromatic N) is 1. The monoisotopic (exact) mass is 302 g/mol. The topological polar surface area (TPSA) is 73.6 Å². The molecule has 0 aromatic heterocycles. The molecule has 116 valence electrons. The minimum absolute atomic E-state index is 0.0956. The van der Waals surface area contributed by atoms with E-state index < -0.39 is 4.92 Å². The molecule has 0 atom stereocenters.